The summed E-state index contributed by atoms with van der Waals surface area (Å²) >= 11 is 0. The van der Waals surface area contributed by atoms with Gasteiger partial charge in [0.15, 0.2) is 0 Å². The van der Waals surface area contributed by atoms with Gasteiger partial charge in [0, 0.05) is 0 Å². The Morgan fingerprint density at radius 3 is 2.39 bits per heavy atom. The Labute approximate surface area is 110 Å². The summed E-state index contributed by atoms with van der Waals surface area (Å²) in [5.74, 6) is 0. The van der Waals surface area contributed by atoms with E-state index in [1.54, 1.807) is 11.1 Å². The van der Waals surface area contributed by atoms with Crippen molar-refractivity contribution in [2.75, 3.05) is 0 Å². The second kappa shape index (κ2) is 5.39. The number of hydrogen-bond acceptors (Lipinski definition) is 0. The van der Waals surface area contributed by atoms with Crippen molar-refractivity contribution in [3.05, 3.63) is 65.3 Å². The van der Waals surface area contributed by atoms with Crippen molar-refractivity contribution in [3.8, 4) is 0 Å². The molecule has 0 N–H and O–H groups in total. The van der Waals surface area contributed by atoms with Gasteiger partial charge in [-0.25, -0.2) is 0 Å². The molecule has 1 fully saturated rings. The van der Waals surface area contributed by atoms with Crippen LogP contribution >= 0.6 is 0 Å². The maximum absolute atomic E-state index is 2.33. The normalized spacial score (nSPS) is 19.9. The Kier molecular flexibility index (Phi) is 3.45. The first-order chi connectivity index (χ1) is 8.93. The van der Waals surface area contributed by atoms with Crippen LogP contribution < -0.4 is 0 Å². The molecule has 2 aliphatic carbocycles. The summed E-state index contributed by atoms with van der Waals surface area (Å²) in [5, 5.41) is 0. The number of rotatable bonds is 1. The van der Waals surface area contributed by atoms with Crippen molar-refractivity contribution in [1.29, 1.82) is 0 Å². The number of hydrogen-bond donors (Lipinski definition) is 0. The van der Waals surface area contributed by atoms with Crippen molar-refractivity contribution in [1.82, 2.24) is 0 Å². The first-order valence-corrected chi connectivity index (χ1v) is 7.07. The Hall–Kier alpha value is -1.56. The van der Waals surface area contributed by atoms with Crippen LogP contribution in [0.5, 0.6) is 0 Å². The number of allylic oxidation sites excluding steroid dienone is 6. The van der Waals surface area contributed by atoms with Crippen LogP contribution in [0.15, 0.2) is 59.7 Å². The quantitative estimate of drug-likeness (QED) is 0.621. The molecular weight excluding hydrogens is 216 g/mol. The topological polar surface area (TPSA) is 0 Å². The van der Waals surface area contributed by atoms with E-state index in [4.69, 9.17) is 0 Å². The lowest BCUT2D eigenvalue weighted by molar-refractivity contribution is 0.594. The molecule has 0 heterocycles. The third-order valence-corrected chi connectivity index (χ3v) is 4.03. The molecule has 0 saturated heterocycles. The molecule has 0 aliphatic heterocycles. The molecule has 0 atom stereocenters. The second-order valence-corrected chi connectivity index (χ2v) is 5.28. The highest BCUT2D eigenvalue weighted by atomic mass is 14.2. The lowest BCUT2D eigenvalue weighted by Crippen LogP contribution is -2.00. The molecular formula is C18H20. The van der Waals surface area contributed by atoms with Crippen LogP contribution in [-0.2, 0) is 0 Å². The van der Waals surface area contributed by atoms with Crippen molar-refractivity contribution in [2.45, 2.75) is 38.5 Å². The summed E-state index contributed by atoms with van der Waals surface area (Å²) in [6, 6.07) is 10.8. The van der Waals surface area contributed by atoms with Crippen LogP contribution in [0.2, 0.25) is 0 Å². The number of benzene rings is 1. The highest BCUT2D eigenvalue weighted by molar-refractivity contribution is 5.72. The second-order valence-electron chi connectivity index (χ2n) is 5.28. The van der Waals surface area contributed by atoms with Crippen molar-refractivity contribution in [3.63, 3.8) is 0 Å². The first-order valence-electron chi connectivity index (χ1n) is 7.07. The zero-order valence-corrected chi connectivity index (χ0v) is 10.9. The molecule has 1 aromatic carbocycles. The van der Waals surface area contributed by atoms with Gasteiger partial charge in [0.1, 0.15) is 0 Å². The summed E-state index contributed by atoms with van der Waals surface area (Å²) in [5.41, 5.74) is 6.12. The maximum Gasteiger partial charge on any atom is -0.00203 e. The van der Waals surface area contributed by atoms with E-state index >= 15 is 0 Å². The Morgan fingerprint density at radius 1 is 0.833 bits per heavy atom. The fourth-order valence-electron chi connectivity index (χ4n) is 3.00. The minimum Gasteiger partial charge on any atom is -0.0667 e. The Morgan fingerprint density at radius 2 is 1.61 bits per heavy atom. The Balaban J connectivity index is 1.84. The highest BCUT2D eigenvalue weighted by Crippen LogP contribution is 2.33. The molecule has 2 aliphatic rings. The van der Waals surface area contributed by atoms with E-state index in [0.29, 0.717) is 0 Å². The van der Waals surface area contributed by atoms with Crippen LogP contribution in [-0.4, -0.2) is 0 Å². The van der Waals surface area contributed by atoms with Gasteiger partial charge in [-0.2, -0.15) is 0 Å². The zero-order valence-electron chi connectivity index (χ0n) is 10.9. The standard InChI is InChI=1S/C18H20/c1-3-8-15(9-4-1)17-12-7-13-18(14-17)16-10-5-2-6-11-16/h1,3-4,7-9,12-13H,2,5-6,10-11,14H2. The van der Waals surface area contributed by atoms with E-state index in [-0.39, 0.29) is 0 Å². The van der Waals surface area contributed by atoms with Gasteiger partial charge in [-0.15, -0.1) is 0 Å². The summed E-state index contributed by atoms with van der Waals surface area (Å²) in [6.07, 6.45) is 14.8. The predicted octanol–water partition coefficient (Wildman–Crippen LogP) is 5.29. The average molecular weight is 236 g/mol. The minimum absolute atomic E-state index is 1.12. The largest absolute Gasteiger partial charge is 0.0667 e. The molecule has 1 saturated carbocycles. The molecule has 0 nitrogen and oxygen atoms in total. The summed E-state index contributed by atoms with van der Waals surface area (Å²) in [7, 11) is 0. The summed E-state index contributed by atoms with van der Waals surface area (Å²) in [4.78, 5) is 0. The predicted molar refractivity (Wildman–Crippen MR) is 78.3 cm³/mol. The van der Waals surface area contributed by atoms with Crippen LogP contribution in [0, 0.1) is 0 Å². The lowest BCUT2D eigenvalue weighted by atomic mass is 9.85. The molecule has 0 heteroatoms. The van der Waals surface area contributed by atoms with Gasteiger partial charge in [-0.1, -0.05) is 60.6 Å². The molecule has 0 bridgehead atoms. The monoisotopic (exact) mass is 236 g/mol. The molecule has 0 amide bonds. The van der Waals surface area contributed by atoms with E-state index < -0.39 is 0 Å². The molecule has 92 valence electrons. The molecule has 0 aromatic heterocycles. The van der Waals surface area contributed by atoms with Gasteiger partial charge >= 0.3 is 0 Å². The average Bonchev–Trinajstić information content (AvgIpc) is 2.49. The fourth-order valence-corrected chi connectivity index (χ4v) is 3.00. The van der Waals surface area contributed by atoms with E-state index in [1.807, 2.05) is 0 Å². The van der Waals surface area contributed by atoms with E-state index in [0.717, 1.165) is 6.42 Å². The van der Waals surface area contributed by atoms with E-state index in [1.165, 1.54) is 43.2 Å². The Bertz CT molecular complexity index is 492. The minimum atomic E-state index is 1.12. The van der Waals surface area contributed by atoms with Gasteiger partial charge in [-0.05, 0) is 48.8 Å². The molecule has 0 spiro atoms. The molecule has 18 heavy (non-hydrogen) atoms. The fraction of sp³-hybridized carbons (Fsp3) is 0.333. The first kappa shape index (κ1) is 11.5. The van der Waals surface area contributed by atoms with E-state index in [2.05, 4.69) is 48.6 Å². The highest BCUT2D eigenvalue weighted by Gasteiger charge is 2.13. The van der Waals surface area contributed by atoms with Crippen molar-refractivity contribution in [2.24, 2.45) is 0 Å². The van der Waals surface area contributed by atoms with Gasteiger partial charge in [0.25, 0.3) is 0 Å². The van der Waals surface area contributed by atoms with Gasteiger partial charge in [0.05, 0.1) is 0 Å². The SMILES string of the molecule is C1=CC(=C2CCCCC2)CC(c2ccccc2)=C1. The summed E-state index contributed by atoms with van der Waals surface area (Å²) < 4.78 is 0. The smallest absolute Gasteiger partial charge is 0.00203 e. The van der Waals surface area contributed by atoms with Crippen LogP contribution in [0.4, 0.5) is 0 Å². The van der Waals surface area contributed by atoms with Gasteiger partial charge in [0.2, 0.25) is 0 Å². The maximum atomic E-state index is 2.33. The zero-order chi connectivity index (χ0) is 12.2. The summed E-state index contributed by atoms with van der Waals surface area (Å²) in [6.45, 7) is 0. The van der Waals surface area contributed by atoms with Crippen LogP contribution in [0.25, 0.3) is 5.57 Å². The van der Waals surface area contributed by atoms with Gasteiger partial charge in [-0.3, -0.25) is 0 Å². The third kappa shape index (κ3) is 2.48. The molecule has 1 aromatic rings. The van der Waals surface area contributed by atoms with E-state index in [9.17, 15) is 0 Å². The van der Waals surface area contributed by atoms with Crippen molar-refractivity contribution < 1.29 is 0 Å². The molecule has 3 rings (SSSR count). The lowest BCUT2D eigenvalue weighted by Gasteiger charge is -2.20. The van der Waals surface area contributed by atoms with Gasteiger partial charge < -0.3 is 0 Å². The molecule has 0 unspecified atom stereocenters. The van der Waals surface area contributed by atoms with Crippen LogP contribution in [0.3, 0.4) is 0 Å². The van der Waals surface area contributed by atoms with Crippen LogP contribution in [0.1, 0.15) is 44.1 Å². The van der Waals surface area contributed by atoms with Crippen molar-refractivity contribution >= 4 is 5.57 Å². The molecule has 0 radical (unpaired) electrons. The third-order valence-electron chi connectivity index (χ3n) is 4.03.